The third kappa shape index (κ3) is 4.22. The van der Waals surface area contributed by atoms with Crippen LogP contribution in [0.1, 0.15) is 18.5 Å². The van der Waals surface area contributed by atoms with Gasteiger partial charge in [0.2, 0.25) is 0 Å². The molecule has 0 fully saturated rings. The summed E-state index contributed by atoms with van der Waals surface area (Å²) in [5, 5.41) is 3.60. The quantitative estimate of drug-likeness (QED) is 0.805. The highest BCUT2D eigenvalue weighted by Crippen LogP contribution is 2.32. The Bertz CT molecular complexity index is 573. The van der Waals surface area contributed by atoms with Crippen molar-refractivity contribution in [2.75, 3.05) is 14.2 Å². The molecule has 2 rings (SSSR count). The van der Waals surface area contributed by atoms with Crippen molar-refractivity contribution >= 4 is 11.8 Å². The zero-order valence-corrected chi connectivity index (χ0v) is 13.3. The van der Waals surface area contributed by atoms with Crippen molar-refractivity contribution in [1.82, 2.24) is 5.32 Å². The fourth-order valence-electron chi connectivity index (χ4n) is 2.31. The van der Waals surface area contributed by atoms with Crippen LogP contribution in [-0.4, -0.2) is 19.4 Å². The Morgan fingerprint density at radius 1 is 1.14 bits per heavy atom. The van der Waals surface area contributed by atoms with Crippen molar-refractivity contribution in [3.05, 3.63) is 59.9 Å². The van der Waals surface area contributed by atoms with Gasteiger partial charge >= 0.3 is 0 Å². The van der Waals surface area contributed by atoms with Crippen molar-refractivity contribution < 1.29 is 9.13 Å². The highest BCUT2D eigenvalue weighted by molar-refractivity contribution is 8.00. The lowest BCUT2D eigenvalue weighted by Gasteiger charge is -2.24. The molecule has 0 saturated carbocycles. The topological polar surface area (TPSA) is 21.3 Å². The van der Waals surface area contributed by atoms with Crippen LogP contribution in [0.4, 0.5) is 4.39 Å². The standard InChI is InChI=1S/C17H20FNOS/c1-12(21-16-6-4-5-14(18)11-16)17(19-2)13-7-9-15(20-3)10-8-13/h4-12,17,19H,1-3H3. The number of ether oxygens (including phenoxy) is 1. The largest absolute Gasteiger partial charge is 0.497 e. The average Bonchev–Trinajstić information content (AvgIpc) is 2.48. The number of hydrogen-bond acceptors (Lipinski definition) is 3. The van der Waals surface area contributed by atoms with E-state index in [9.17, 15) is 4.39 Å². The molecule has 21 heavy (non-hydrogen) atoms. The summed E-state index contributed by atoms with van der Waals surface area (Å²) in [6.07, 6.45) is 0. The molecule has 2 aromatic carbocycles. The van der Waals surface area contributed by atoms with Crippen LogP contribution in [0.5, 0.6) is 5.75 Å². The van der Waals surface area contributed by atoms with Crippen LogP contribution in [0.3, 0.4) is 0 Å². The van der Waals surface area contributed by atoms with E-state index in [1.807, 2.05) is 25.2 Å². The first-order chi connectivity index (χ1) is 10.1. The minimum Gasteiger partial charge on any atom is -0.497 e. The Hall–Kier alpha value is -1.52. The van der Waals surface area contributed by atoms with Gasteiger partial charge in [0.05, 0.1) is 7.11 Å². The lowest BCUT2D eigenvalue weighted by Crippen LogP contribution is -2.25. The molecular formula is C17H20FNOS. The molecule has 0 aliphatic rings. The van der Waals surface area contributed by atoms with Crippen molar-refractivity contribution in [2.24, 2.45) is 0 Å². The van der Waals surface area contributed by atoms with E-state index < -0.39 is 0 Å². The lowest BCUT2D eigenvalue weighted by atomic mass is 10.0. The SMILES string of the molecule is CNC(c1ccc(OC)cc1)C(C)Sc1cccc(F)c1. The Labute approximate surface area is 129 Å². The molecule has 2 unspecified atom stereocenters. The smallest absolute Gasteiger partial charge is 0.124 e. The molecule has 0 aliphatic carbocycles. The third-order valence-corrected chi connectivity index (χ3v) is 4.54. The van der Waals surface area contributed by atoms with Gasteiger partial charge in [-0.25, -0.2) is 4.39 Å². The van der Waals surface area contributed by atoms with Gasteiger partial charge in [0.1, 0.15) is 11.6 Å². The van der Waals surface area contributed by atoms with Gasteiger partial charge in [0.25, 0.3) is 0 Å². The van der Waals surface area contributed by atoms with Gasteiger partial charge in [-0.2, -0.15) is 0 Å². The van der Waals surface area contributed by atoms with Crippen LogP contribution in [0, 0.1) is 5.82 Å². The van der Waals surface area contributed by atoms with Gasteiger partial charge in [-0.1, -0.05) is 25.1 Å². The predicted octanol–water partition coefficient (Wildman–Crippen LogP) is 4.28. The molecule has 0 bridgehead atoms. The van der Waals surface area contributed by atoms with E-state index in [1.54, 1.807) is 31.0 Å². The van der Waals surface area contributed by atoms with E-state index >= 15 is 0 Å². The number of rotatable bonds is 6. The fraction of sp³-hybridized carbons (Fsp3) is 0.294. The summed E-state index contributed by atoms with van der Waals surface area (Å²) in [6, 6.07) is 14.9. The molecule has 0 spiro atoms. The summed E-state index contributed by atoms with van der Waals surface area (Å²) in [5.74, 6) is 0.650. The minimum atomic E-state index is -0.197. The Balaban J connectivity index is 2.12. The first kappa shape index (κ1) is 15.9. The van der Waals surface area contributed by atoms with Crippen molar-refractivity contribution in [2.45, 2.75) is 23.1 Å². The minimum absolute atomic E-state index is 0.184. The zero-order chi connectivity index (χ0) is 15.2. The highest BCUT2D eigenvalue weighted by atomic mass is 32.2. The summed E-state index contributed by atoms with van der Waals surface area (Å²) < 4.78 is 18.4. The van der Waals surface area contributed by atoms with E-state index in [4.69, 9.17) is 4.74 Å². The van der Waals surface area contributed by atoms with Crippen LogP contribution in [0.25, 0.3) is 0 Å². The number of benzene rings is 2. The van der Waals surface area contributed by atoms with Crippen LogP contribution >= 0.6 is 11.8 Å². The van der Waals surface area contributed by atoms with E-state index in [0.717, 1.165) is 10.6 Å². The van der Waals surface area contributed by atoms with Gasteiger partial charge in [-0.15, -0.1) is 11.8 Å². The number of halogens is 1. The van der Waals surface area contributed by atoms with E-state index in [1.165, 1.54) is 11.6 Å². The van der Waals surface area contributed by atoms with Crippen molar-refractivity contribution in [3.63, 3.8) is 0 Å². The second-order valence-electron chi connectivity index (χ2n) is 4.82. The van der Waals surface area contributed by atoms with Crippen LogP contribution in [0.2, 0.25) is 0 Å². The normalized spacial score (nSPS) is 13.7. The lowest BCUT2D eigenvalue weighted by molar-refractivity contribution is 0.414. The second kappa shape index (κ2) is 7.48. The maximum absolute atomic E-state index is 13.3. The van der Waals surface area contributed by atoms with E-state index in [-0.39, 0.29) is 17.1 Å². The molecule has 2 aromatic rings. The maximum Gasteiger partial charge on any atom is 0.124 e. The van der Waals surface area contributed by atoms with Crippen LogP contribution in [0.15, 0.2) is 53.4 Å². The first-order valence-corrected chi connectivity index (χ1v) is 7.75. The first-order valence-electron chi connectivity index (χ1n) is 6.87. The number of methoxy groups -OCH3 is 1. The molecule has 0 radical (unpaired) electrons. The number of hydrogen-bond donors (Lipinski definition) is 1. The van der Waals surface area contributed by atoms with Gasteiger partial charge < -0.3 is 10.1 Å². The zero-order valence-electron chi connectivity index (χ0n) is 12.5. The summed E-state index contributed by atoms with van der Waals surface area (Å²) >= 11 is 1.66. The fourth-order valence-corrected chi connectivity index (χ4v) is 3.50. The molecule has 2 nitrogen and oxygen atoms in total. The molecule has 0 heterocycles. The van der Waals surface area contributed by atoms with Gasteiger partial charge in [0.15, 0.2) is 0 Å². The second-order valence-corrected chi connectivity index (χ2v) is 6.27. The monoisotopic (exact) mass is 305 g/mol. The van der Waals surface area contributed by atoms with E-state index in [0.29, 0.717) is 0 Å². The molecule has 0 aliphatic heterocycles. The Morgan fingerprint density at radius 2 is 1.86 bits per heavy atom. The van der Waals surface area contributed by atoms with Gasteiger partial charge in [-0.05, 0) is 42.9 Å². The Morgan fingerprint density at radius 3 is 2.43 bits per heavy atom. The molecule has 4 heteroatoms. The maximum atomic E-state index is 13.3. The molecule has 0 aromatic heterocycles. The molecule has 0 amide bonds. The Kier molecular flexibility index (Phi) is 5.65. The van der Waals surface area contributed by atoms with Gasteiger partial charge in [-0.3, -0.25) is 0 Å². The van der Waals surface area contributed by atoms with E-state index in [2.05, 4.69) is 24.4 Å². The molecule has 1 N–H and O–H groups in total. The molecule has 112 valence electrons. The molecule has 0 saturated heterocycles. The van der Waals surface area contributed by atoms with Crippen molar-refractivity contribution in [3.8, 4) is 5.75 Å². The highest BCUT2D eigenvalue weighted by Gasteiger charge is 2.18. The summed E-state index contributed by atoms with van der Waals surface area (Å²) in [6.45, 7) is 2.14. The molecule has 2 atom stereocenters. The summed E-state index contributed by atoms with van der Waals surface area (Å²) in [5.41, 5.74) is 1.19. The van der Waals surface area contributed by atoms with Crippen LogP contribution in [-0.2, 0) is 0 Å². The number of thioether (sulfide) groups is 1. The predicted molar refractivity (Wildman–Crippen MR) is 86.5 cm³/mol. The van der Waals surface area contributed by atoms with Crippen molar-refractivity contribution in [1.29, 1.82) is 0 Å². The number of nitrogens with one attached hydrogen (secondary N) is 1. The molecular weight excluding hydrogens is 285 g/mol. The van der Waals surface area contributed by atoms with Gasteiger partial charge in [0, 0.05) is 16.2 Å². The third-order valence-electron chi connectivity index (χ3n) is 3.37. The average molecular weight is 305 g/mol. The summed E-state index contributed by atoms with van der Waals surface area (Å²) in [4.78, 5) is 0.941. The summed E-state index contributed by atoms with van der Waals surface area (Å²) in [7, 11) is 3.60. The van der Waals surface area contributed by atoms with Crippen LogP contribution < -0.4 is 10.1 Å².